The van der Waals surface area contributed by atoms with Crippen molar-refractivity contribution in [2.75, 3.05) is 0 Å². The van der Waals surface area contributed by atoms with E-state index in [1.54, 1.807) is 20.0 Å². The molecule has 0 N–H and O–H groups in total. The van der Waals surface area contributed by atoms with Crippen LogP contribution in [0.1, 0.15) is 23.6 Å². The number of fused-ring (bicyclic) bond motifs is 1. The highest BCUT2D eigenvalue weighted by atomic mass is 16.1. The van der Waals surface area contributed by atoms with Gasteiger partial charge in [-0.1, -0.05) is 6.07 Å². The van der Waals surface area contributed by atoms with Crippen molar-refractivity contribution in [3.63, 3.8) is 0 Å². The summed E-state index contributed by atoms with van der Waals surface area (Å²) in [5.74, 6) is 0.0836. The molecule has 0 unspecified atom stereocenters. The Kier molecular flexibility index (Phi) is 3.07. The molecule has 2 rings (SSSR count). The van der Waals surface area contributed by atoms with Crippen molar-refractivity contribution in [3.8, 4) is 0 Å². The van der Waals surface area contributed by atoms with Crippen molar-refractivity contribution < 1.29 is 4.79 Å². The van der Waals surface area contributed by atoms with Gasteiger partial charge in [-0.05, 0) is 44.9 Å². The molecule has 0 atom stereocenters. The van der Waals surface area contributed by atoms with Gasteiger partial charge in [-0.25, -0.2) is 0 Å². The molecule has 0 saturated heterocycles. The minimum Gasteiger partial charge on any atom is -0.339 e. The molecule has 1 aromatic carbocycles. The molecule has 0 aliphatic carbocycles. The van der Waals surface area contributed by atoms with Crippen molar-refractivity contribution in [1.82, 2.24) is 4.57 Å². The molecule has 1 aromatic heterocycles. The Labute approximate surface area is 106 Å². The molecule has 0 bridgehead atoms. The summed E-state index contributed by atoms with van der Waals surface area (Å²) in [6.07, 6.45) is 1.78. The topological polar surface area (TPSA) is 39.1 Å². The summed E-state index contributed by atoms with van der Waals surface area (Å²) in [4.78, 5) is 23.5. The van der Waals surface area contributed by atoms with Crippen LogP contribution in [0, 0.1) is 20.8 Å². The van der Waals surface area contributed by atoms with E-state index in [4.69, 9.17) is 0 Å². The fourth-order valence-electron chi connectivity index (χ4n) is 2.29. The summed E-state index contributed by atoms with van der Waals surface area (Å²) >= 11 is 0. The SMILES string of the molecule is CC(=O)Cn1cc(C)c(=O)c2ccc(C)c(C)c21. The van der Waals surface area contributed by atoms with Gasteiger partial charge in [0.25, 0.3) is 0 Å². The molecule has 3 heteroatoms. The van der Waals surface area contributed by atoms with Gasteiger partial charge in [-0.15, -0.1) is 0 Å². The molecule has 0 fully saturated rings. The standard InChI is InChI=1S/C15H17NO2/c1-9-5-6-13-14(12(9)4)16(8-11(3)17)7-10(2)15(13)18/h5-7H,8H2,1-4H3. The van der Waals surface area contributed by atoms with Crippen molar-refractivity contribution in [3.05, 3.63) is 45.2 Å². The number of nitrogens with zero attached hydrogens (tertiary/aromatic N) is 1. The van der Waals surface area contributed by atoms with E-state index >= 15 is 0 Å². The summed E-state index contributed by atoms with van der Waals surface area (Å²) in [7, 11) is 0. The zero-order chi connectivity index (χ0) is 13.4. The van der Waals surface area contributed by atoms with E-state index in [9.17, 15) is 9.59 Å². The zero-order valence-electron chi connectivity index (χ0n) is 11.2. The second-order valence-corrected chi connectivity index (χ2v) is 4.87. The first-order chi connectivity index (χ1) is 8.41. The molecule has 0 saturated carbocycles. The molecule has 0 amide bonds. The molecule has 0 spiro atoms. The third kappa shape index (κ3) is 1.96. The lowest BCUT2D eigenvalue weighted by molar-refractivity contribution is -0.117. The second kappa shape index (κ2) is 4.41. The molecular weight excluding hydrogens is 226 g/mol. The monoisotopic (exact) mass is 243 g/mol. The highest BCUT2D eigenvalue weighted by Gasteiger charge is 2.10. The summed E-state index contributed by atoms with van der Waals surface area (Å²) in [5, 5.41) is 0.694. The quantitative estimate of drug-likeness (QED) is 0.813. The van der Waals surface area contributed by atoms with E-state index in [-0.39, 0.29) is 11.2 Å². The number of rotatable bonds is 2. The molecule has 18 heavy (non-hydrogen) atoms. The van der Waals surface area contributed by atoms with E-state index in [2.05, 4.69) is 0 Å². The highest BCUT2D eigenvalue weighted by Crippen LogP contribution is 2.20. The summed E-state index contributed by atoms with van der Waals surface area (Å²) in [6.45, 7) is 7.65. The predicted octanol–water partition coefficient (Wildman–Crippen LogP) is 2.52. The number of carbonyl (C=O) groups is 1. The Bertz CT molecular complexity index is 696. The van der Waals surface area contributed by atoms with Gasteiger partial charge in [0.1, 0.15) is 5.78 Å². The smallest absolute Gasteiger partial charge is 0.192 e. The number of Topliss-reactive ketones (excluding diaryl/α,β-unsaturated/α-hetero) is 1. The summed E-state index contributed by atoms with van der Waals surface area (Å²) in [5.41, 5.74) is 3.79. The fraction of sp³-hybridized carbons (Fsp3) is 0.333. The molecule has 2 aromatic rings. The van der Waals surface area contributed by atoms with Gasteiger partial charge in [0, 0.05) is 17.1 Å². The minimum atomic E-state index is 0.0490. The molecule has 0 radical (unpaired) electrons. The van der Waals surface area contributed by atoms with Gasteiger partial charge in [0.15, 0.2) is 5.43 Å². The molecule has 0 aliphatic rings. The van der Waals surface area contributed by atoms with Crippen LogP contribution in [-0.4, -0.2) is 10.4 Å². The van der Waals surface area contributed by atoms with Crippen LogP contribution >= 0.6 is 0 Å². The van der Waals surface area contributed by atoms with E-state index in [0.717, 1.165) is 16.6 Å². The van der Waals surface area contributed by atoms with Gasteiger partial charge in [-0.2, -0.15) is 0 Å². The van der Waals surface area contributed by atoms with Gasteiger partial charge in [-0.3, -0.25) is 9.59 Å². The second-order valence-electron chi connectivity index (χ2n) is 4.87. The van der Waals surface area contributed by atoms with Crippen LogP contribution in [0.3, 0.4) is 0 Å². The summed E-state index contributed by atoms with van der Waals surface area (Å²) < 4.78 is 1.89. The lowest BCUT2D eigenvalue weighted by Gasteiger charge is -2.14. The third-order valence-corrected chi connectivity index (χ3v) is 3.33. The Balaban J connectivity index is 2.93. The number of hydrogen-bond donors (Lipinski definition) is 0. The molecular formula is C15H17NO2. The van der Waals surface area contributed by atoms with Crippen molar-refractivity contribution in [2.24, 2.45) is 0 Å². The van der Waals surface area contributed by atoms with Crippen molar-refractivity contribution in [2.45, 2.75) is 34.2 Å². The lowest BCUT2D eigenvalue weighted by atomic mass is 10.0. The van der Waals surface area contributed by atoms with Crippen LogP contribution in [0.2, 0.25) is 0 Å². The Morgan fingerprint density at radius 3 is 2.44 bits per heavy atom. The van der Waals surface area contributed by atoms with E-state index in [1.165, 1.54) is 0 Å². The number of benzene rings is 1. The Morgan fingerprint density at radius 2 is 1.83 bits per heavy atom. The first kappa shape index (κ1) is 12.6. The number of aryl methyl sites for hydroxylation is 3. The van der Waals surface area contributed by atoms with Gasteiger partial charge in [0.2, 0.25) is 0 Å². The van der Waals surface area contributed by atoms with Crippen LogP contribution < -0.4 is 5.43 Å². The fourth-order valence-corrected chi connectivity index (χ4v) is 2.29. The van der Waals surface area contributed by atoms with Crippen molar-refractivity contribution >= 4 is 16.7 Å². The zero-order valence-corrected chi connectivity index (χ0v) is 11.2. The maximum absolute atomic E-state index is 12.1. The third-order valence-electron chi connectivity index (χ3n) is 3.33. The van der Waals surface area contributed by atoms with Crippen molar-refractivity contribution in [1.29, 1.82) is 0 Å². The van der Waals surface area contributed by atoms with Gasteiger partial charge in [0.05, 0.1) is 12.1 Å². The normalized spacial score (nSPS) is 10.9. The van der Waals surface area contributed by atoms with Crippen LogP contribution in [0.15, 0.2) is 23.1 Å². The van der Waals surface area contributed by atoms with E-state index < -0.39 is 0 Å². The van der Waals surface area contributed by atoms with E-state index in [0.29, 0.717) is 17.5 Å². The number of pyridine rings is 1. The van der Waals surface area contributed by atoms with Gasteiger partial charge >= 0.3 is 0 Å². The molecule has 0 aliphatic heterocycles. The van der Waals surface area contributed by atoms with Crippen LogP contribution in [-0.2, 0) is 11.3 Å². The predicted molar refractivity (Wildman–Crippen MR) is 73.1 cm³/mol. The average molecular weight is 243 g/mol. The maximum atomic E-state index is 12.1. The number of carbonyl (C=O) groups excluding carboxylic acids is 1. The van der Waals surface area contributed by atoms with Gasteiger partial charge < -0.3 is 4.57 Å². The summed E-state index contributed by atoms with van der Waals surface area (Å²) in [6, 6.07) is 3.81. The molecule has 1 heterocycles. The highest BCUT2D eigenvalue weighted by molar-refractivity contribution is 5.85. The average Bonchev–Trinajstić information content (AvgIpc) is 2.28. The maximum Gasteiger partial charge on any atom is 0.192 e. The Hall–Kier alpha value is -1.90. The Morgan fingerprint density at radius 1 is 1.17 bits per heavy atom. The molecule has 94 valence electrons. The molecule has 3 nitrogen and oxygen atoms in total. The first-order valence-corrected chi connectivity index (χ1v) is 6.01. The number of aromatic nitrogens is 1. The van der Waals surface area contributed by atoms with Crippen LogP contribution in [0.5, 0.6) is 0 Å². The number of ketones is 1. The minimum absolute atomic E-state index is 0.0490. The number of hydrogen-bond acceptors (Lipinski definition) is 2. The first-order valence-electron chi connectivity index (χ1n) is 6.01. The lowest BCUT2D eigenvalue weighted by Crippen LogP contribution is -2.16. The van der Waals surface area contributed by atoms with Crippen LogP contribution in [0.25, 0.3) is 10.9 Å². The van der Waals surface area contributed by atoms with E-state index in [1.807, 2.05) is 30.5 Å². The largest absolute Gasteiger partial charge is 0.339 e. The van der Waals surface area contributed by atoms with Crippen LogP contribution in [0.4, 0.5) is 0 Å².